The molecule has 3 heteroatoms. The lowest BCUT2D eigenvalue weighted by atomic mass is 10.0. The van der Waals surface area contributed by atoms with Crippen molar-refractivity contribution in [1.82, 2.24) is 4.57 Å². The Kier molecular flexibility index (Phi) is 2.69. The van der Waals surface area contributed by atoms with Gasteiger partial charge in [0.1, 0.15) is 0 Å². The zero-order valence-corrected chi connectivity index (χ0v) is 10.7. The van der Waals surface area contributed by atoms with E-state index in [2.05, 4.69) is 18.4 Å². The summed E-state index contributed by atoms with van der Waals surface area (Å²) < 4.78 is 2.07. The molecule has 0 aliphatic carbocycles. The van der Waals surface area contributed by atoms with Crippen LogP contribution in [0.3, 0.4) is 0 Å². The summed E-state index contributed by atoms with van der Waals surface area (Å²) in [7, 11) is 1.98. The topological polar surface area (TPSA) is 42.2 Å². The Bertz CT molecular complexity index is 608. The van der Waals surface area contributed by atoms with Crippen LogP contribution in [0.1, 0.15) is 34.1 Å². The number of nitrogens with zero attached hydrogens (tertiary/aromatic N) is 1. The first-order valence-corrected chi connectivity index (χ1v) is 5.79. The van der Waals surface area contributed by atoms with Crippen LogP contribution in [0.4, 0.5) is 0 Å². The van der Waals surface area contributed by atoms with Gasteiger partial charge in [0, 0.05) is 23.6 Å². The first-order valence-electron chi connectivity index (χ1n) is 5.79. The molecule has 0 radical (unpaired) electrons. The van der Waals surface area contributed by atoms with Gasteiger partial charge in [-0.15, -0.1) is 0 Å². The van der Waals surface area contributed by atoms with Crippen molar-refractivity contribution in [2.75, 3.05) is 0 Å². The number of hydrogen-bond donors (Lipinski definition) is 1. The number of carboxylic acids is 1. The molecular weight excluding hydrogens is 214 g/mol. The summed E-state index contributed by atoms with van der Waals surface area (Å²) in [6.45, 7) is 6.06. The van der Waals surface area contributed by atoms with Crippen LogP contribution in [0.5, 0.6) is 0 Å². The molecule has 0 saturated heterocycles. The number of hydrogen-bond acceptors (Lipinski definition) is 1. The van der Waals surface area contributed by atoms with Crippen molar-refractivity contribution in [2.45, 2.75) is 27.2 Å². The van der Waals surface area contributed by atoms with Crippen LogP contribution >= 0.6 is 0 Å². The molecule has 2 rings (SSSR count). The van der Waals surface area contributed by atoms with Crippen molar-refractivity contribution in [3.63, 3.8) is 0 Å². The molecule has 3 nitrogen and oxygen atoms in total. The highest BCUT2D eigenvalue weighted by atomic mass is 16.4. The van der Waals surface area contributed by atoms with Crippen LogP contribution in [-0.2, 0) is 13.5 Å². The second kappa shape index (κ2) is 3.91. The minimum Gasteiger partial charge on any atom is -0.478 e. The maximum absolute atomic E-state index is 11.1. The van der Waals surface area contributed by atoms with Gasteiger partial charge < -0.3 is 9.67 Å². The molecule has 17 heavy (non-hydrogen) atoms. The van der Waals surface area contributed by atoms with E-state index in [1.54, 1.807) is 6.07 Å². The fourth-order valence-electron chi connectivity index (χ4n) is 2.47. The molecule has 1 aromatic heterocycles. The van der Waals surface area contributed by atoms with Gasteiger partial charge in [0.2, 0.25) is 0 Å². The average Bonchev–Trinajstić information content (AvgIpc) is 2.50. The monoisotopic (exact) mass is 231 g/mol. The Morgan fingerprint density at radius 3 is 2.53 bits per heavy atom. The number of carboxylic acid groups (broad SMARTS) is 1. The molecule has 0 bridgehead atoms. The molecule has 0 fully saturated rings. The van der Waals surface area contributed by atoms with Gasteiger partial charge in [0.05, 0.1) is 5.56 Å². The molecule has 1 aromatic carbocycles. The lowest BCUT2D eigenvalue weighted by Crippen LogP contribution is -2.00. The van der Waals surface area contributed by atoms with Gasteiger partial charge in [0.25, 0.3) is 0 Å². The van der Waals surface area contributed by atoms with Gasteiger partial charge in [-0.25, -0.2) is 4.79 Å². The number of carbonyl (C=O) groups is 1. The van der Waals surface area contributed by atoms with E-state index in [0.717, 1.165) is 17.5 Å². The molecule has 90 valence electrons. The zero-order valence-electron chi connectivity index (χ0n) is 10.7. The second-order valence-corrected chi connectivity index (χ2v) is 4.47. The Morgan fingerprint density at radius 1 is 1.35 bits per heavy atom. The van der Waals surface area contributed by atoms with Crippen LogP contribution in [0.2, 0.25) is 0 Å². The van der Waals surface area contributed by atoms with Crippen molar-refractivity contribution >= 4 is 16.9 Å². The predicted molar refractivity (Wildman–Crippen MR) is 68.7 cm³/mol. The van der Waals surface area contributed by atoms with E-state index in [9.17, 15) is 4.79 Å². The fraction of sp³-hybridized carbons (Fsp3) is 0.357. The summed E-state index contributed by atoms with van der Waals surface area (Å²) in [6.07, 6.45) is 0.967. The quantitative estimate of drug-likeness (QED) is 0.863. The number of benzene rings is 1. The van der Waals surface area contributed by atoms with E-state index < -0.39 is 5.97 Å². The maximum Gasteiger partial charge on any atom is 0.336 e. The van der Waals surface area contributed by atoms with Crippen LogP contribution < -0.4 is 0 Å². The van der Waals surface area contributed by atoms with Crippen molar-refractivity contribution < 1.29 is 9.90 Å². The van der Waals surface area contributed by atoms with E-state index in [1.165, 1.54) is 16.6 Å². The van der Waals surface area contributed by atoms with Crippen LogP contribution in [0, 0.1) is 13.8 Å². The largest absolute Gasteiger partial charge is 0.478 e. The van der Waals surface area contributed by atoms with E-state index in [1.807, 2.05) is 20.0 Å². The van der Waals surface area contributed by atoms with Crippen LogP contribution in [0.15, 0.2) is 12.1 Å². The molecule has 0 spiro atoms. The number of aryl methyl sites for hydroxylation is 3. The van der Waals surface area contributed by atoms with E-state index in [-0.39, 0.29) is 0 Å². The summed E-state index contributed by atoms with van der Waals surface area (Å²) in [5, 5.41) is 10.3. The first-order chi connectivity index (χ1) is 7.97. The second-order valence-electron chi connectivity index (χ2n) is 4.47. The summed E-state index contributed by atoms with van der Waals surface area (Å²) in [5.74, 6) is -0.860. The van der Waals surface area contributed by atoms with Gasteiger partial charge in [0.15, 0.2) is 0 Å². The van der Waals surface area contributed by atoms with E-state index >= 15 is 0 Å². The normalized spacial score (nSPS) is 11.1. The highest BCUT2D eigenvalue weighted by Crippen LogP contribution is 2.28. The SMILES string of the molecule is CCc1c(C)n(C)c2cc(C(=O)O)c(C)cc12. The molecule has 0 aliphatic rings. The third kappa shape index (κ3) is 1.62. The van der Waals surface area contributed by atoms with Crippen LogP contribution in [-0.4, -0.2) is 15.6 Å². The van der Waals surface area contributed by atoms with Crippen molar-refractivity contribution in [3.05, 3.63) is 34.5 Å². The predicted octanol–water partition coefficient (Wildman–Crippen LogP) is 3.06. The van der Waals surface area contributed by atoms with Crippen LogP contribution in [0.25, 0.3) is 10.9 Å². The molecule has 1 heterocycles. The lowest BCUT2D eigenvalue weighted by molar-refractivity contribution is 0.0696. The summed E-state index contributed by atoms with van der Waals surface area (Å²) in [6, 6.07) is 3.77. The van der Waals surface area contributed by atoms with E-state index in [4.69, 9.17) is 5.11 Å². The molecule has 0 atom stereocenters. The minimum atomic E-state index is -0.860. The molecule has 1 N–H and O–H groups in total. The van der Waals surface area contributed by atoms with E-state index in [0.29, 0.717) is 5.56 Å². The Morgan fingerprint density at radius 2 is 2.00 bits per heavy atom. The number of aromatic carboxylic acids is 1. The summed E-state index contributed by atoms with van der Waals surface area (Å²) in [4.78, 5) is 11.1. The third-order valence-corrected chi connectivity index (χ3v) is 3.55. The molecule has 0 saturated carbocycles. The molecule has 0 aliphatic heterocycles. The number of rotatable bonds is 2. The zero-order chi connectivity index (χ0) is 12.7. The van der Waals surface area contributed by atoms with Crippen molar-refractivity contribution in [3.8, 4) is 0 Å². The van der Waals surface area contributed by atoms with Gasteiger partial charge in [-0.1, -0.05) is 6.92 Å². The van der Waals surface area contributed by atoms with Gasteiger partial charge in [-0.2, -0.15) is 0 Å². The summed E-state index contributed by atoms with van der Waals surface area (Å²) >= 11 is 0. The smallest absolute Gasteiger partial charge is 0.336 e. The van der Waals surface area contributed by atoms with Gasteiger partial charge >= 0.3 is 5.97 Å². The Hall–Kier alpha value is -1.77. The number of aromatic nitrogens is 1. The molecule has 0 amide bonds. The molecule has 2 aromatic rings. The Labute approximate surface area is 101 Å². The van der Waals surface area contributed by atoms with Crippen molar-refractivity contribution in [1.29, 1.82) is 0 Å². The lowest BCUT2D eigenvalue weighted by Gasteiger charge is -2.03. The third-order valence-electron chi connectivity index (χ3n) is 3.55. The molecule has 0 unspecified atom stereocenters. The van der Waals surface area contributed by atoms with Gasteiger partial charge in [-0.3, -0.25) is 0 Å². The highest BCUT2D eigenvalue weighted by molar-refractivity contribution is 5.96. The number of fused-ring (bicyclic) bond motifs is 1. The standard InChI is InChI=1S/C14H17NO2/c1-5-10-9(3)15(4)13-7-11(14(16)17)8(2)6-12(10)13/h6-7H,5H2,1-4H3,(H,16,17). The highest BCUT2D eigenvalue weighted by Gasteiger charge is 2.15. The average molecular weight is 231 g/mol. The van der Waals surface area contributed by atoms with Gasteiger partial charge in [-0.05, 0) is 43.5 Å². The van der Waals surface area contributed by atoms with Crippen molar-refractivity contribution in [2.24, 2.45) is 7.05 Å². The molecular formula is C14H17NO2. The first kappa shape index (κ1) is 11.7. The minimum absolute atomic E-state index is 0.390. The summed E-state index contributed by atoms with van der Waals surface area (Å²) in [5.41, 5.74) is 4.74. The maximum atomic E-state index is 11.1. The Balaban J connectivity index is 2.88. The fourth-order valence-corrected chi connectivity index (χ4v) is 2.47.